The van der Waals surface area contributed by atoms with Crippen LogP contribution < -0.4 is 4.78 Å². The van der Waals surface area contributed by atoms with E-state index in [1.807, 2.05) is 22.7 Å². The fourth-order valence-electron chi connectivity index (χ4n) is 7.31. The lowest BCUT2D eigenvalue weighted by atomic mass is 9.83. The second kappa shape index (κ2) is 24.6. The third-order valence-corrected chi connectivity index (χ3v) is 13.7. The van der Waals surface area contributed by atoms with Crippen LogP contribution in [0.4, 0.5) is 0 Å². The van der Waals surface area contributed by atoms with E-state index in [1.54, 1.807) is 5.56 Å². The Morgan fingerprint density at radius 2 is 0.878 bits per heavy atom. The predicted octanol–water partition coefficient (Wildman–Crippen LogP) is 15.0. The van der Waals surface area contributed by atoms with Gasteiger partial charge in [-0.25, -0.2) is 0 Å². The quantitative estimate of drug-likeness (QED) is 0.0593. The van der Waals surface area contributed by atoms with Crippen molar-refractivity contribution in [2.75, 3.05) is 0 Å². The zero-order chi connectivity index (χ0) is 35.2. The summed E-state index contributed by atoms with van der Waals surface area (Å²) in [6, 6.07) is 4.89. The summed E-state index contributed by atoms with van der Waals surface area (Å²) in [5.74, 6) is 0. The molecule has 2 aromatic heterocycles. The largest absolute Gasteiger partial charge is 0.505 e. The lowest BCUT2D eigenvalue weighted by Crippen LogP contribution is -2.41. The summed E-state index contributed by atoms with van der Waals surface area (Å²) < 4.78 is 14.5. The highest BCUT2D eigenvalue weighted by atomic mass is 32.1. The van der Waals surface area contributed by atoms with E-state index in [2.05, 4.69) is 59.1 Å². The molecule has 280 valence electrons. The first-order valence-corrected chi connectivity index (χ1v) is 23.0. The Balaban J connectivity index is 1.43. The molecule has 0 unspecified atom stereocenters. The second-order valence-corrected chi connectivity index (χ2v) is 18.3. The van der Waals surface area contributed by atoms with E-state index in [1.165, 1.54) is 193 Å². The third-order valence-electron chi connectivity index (χ3n) is 11.4. The SMILES string of the molecule is CCCCCCCCCCCCCCCc1cc(-c2sccc2CCCCCCCCCCCCCCC)sc1B1OC(C)(C)C(C)(C)O1. The van der Waals surface area contributed by atoms with Gasteiger partial charge in [0.2, 0.25) is 0 Å². The maximum Gasteiger partial charge on any atom is 0.505 e. The number of thiophene rings is 2. The van der Waals surface area contributed by atoms with Gasteiger partial charge in [0.15, 0.2) is 0 Å². The molecular weight excluding hydrogens is 635 g/mol. The van der Waals surface area contributed by atoms with Crippen molar-refractivity contribution in [1.82, 2.24) is 0 Å². The molecule has 1 fully saturated rings. The summed E-state index contributed by atoms with van der Waals surface area (Å²) in [4.78, 5) is 2.91. The first-order chi connectivity index (χ1) is 23.8. The minimum Gasteiger partial charge on any atom is -0.399 e. The molecule has 0 amide bonds. The fraction of sp³-hybridized carbons (Fsp3) is 0.818. The summed E-state index contributed by atoms with van der Waals surface area (Å²) >= 11 is 3.87. The molecule has 0 N–H and O–H groups in total. The number of rotatable bonds is 30. The predicted molar refractivity (Wildman–Crippen MR) is 222 cm³/mol. The van der Waals surface area contributed by atoms with Crippen LogP contribution in [0.5, 0.6) is 0 Å². The normalized spacial score (nSPS) is 15.5. The monoisotopic (exact) mass is 713 g/mol. The van der Waals surface area contributed by atoms with Crippen molar-refractivity contribution in [3.05, 3.63) is 28.6 Å². The molecular formula is C44H77BO2S2. The van der Waals surface area contributed by atoms with Crippen LogP contribution in [0.3, 0.4) is 0 Å². The zero-order valence-corrected chi connectivity index (χ0v) is 34.9. The Hall–Kier alpha value is -0.615. The van der Waals surface area contributed by atoms with Gasteiger partial charge in [-0.05, 0) is 82.0 Å². The molecule has 0 atom stereocenters. The summed E-state index contributed by atoms with van der Waals surface area (Å²) in [7, 11) is -0.259. The van der Waals surface area contributed by atoms with Crippen molar-refractivity contribution >= 4 is 34.6 Å². The number of aryl methyl sites for hydroxylation is 2. The summed E-state index contributed by atoms with van der Waals surface area (Å²) in [6.07, 6.45) is 38.8. The van der Waals surface area contributed by atoms with E-state index in [-0.39, 0.29) is 18.3 Å². The van der Waals surface area contributed by atoms with Crippen LogP contribution in [0, 0.1) is 0 Å². The zero-order valence-electron chi connectivity index (χ0n) is 33.2. The molecule has 2 nitrogen and oxygen atoms in total. The highest BCUT2D eigenvalue weighted by Crippen LogP contribution is 2.40. The number of unbranched alkanes of at least 4 members (excludes halogenated alkanes) is 24. The molecule has 1 saturated heterocycles. The Morgan fingerprint density at radius 3 is 1.29 bits per heavy atom. The molecule has 3 rings (SSSR count). The molecule has 2 aromatic rings. The third kappa shape index (κ3) is 15.9. The summed E-state index contributed by atoms with van der Waals surface area (Å²) in [6.45, 7) is 13.3. The first kappa shape index (κ1) is 42.8. The van der Waals surface area contributed by atoms with Crippen molar-refractivity contribution in [2.24, 2.45) is 0 Å². The Bertz CT molecular complexity index is 1090. The van der Waals surface area contributed by atoms with Crippen LogP contribution in [-0.2, 0) is 22.2 Å². The van der Waals surface area contributed by atoms with Gasteiger partial charge >= 0.3 is 7.12 Å². The van der Waals surface area contributed by atoms with Crippen molar-refractivity contribution in [3.63, 3.8) is 0 Å². The lowest BCUT2D eigenvalue weighted by molar-refractivity contribution is 0.00578. The maximum absolute atomic E-state index is 6.62. The molecule has 3 heterocycles. The Morgan fingerprint density at radius 1 is 0.510 bits per heavy atom. The van der Waals surface area contributed by atoms with Gasteiger partial charge in [-0.2, -0.15) is 0 Å². The van der Waals surface area contributed by atoms with E-state index >= 15 is 0 Å². The minimum atomic E-state index is -0.309. The van der Waals surface area contributed by atoms with E-state index in [4.69, 9.17) is 9.31 Å². The highest BCUT2D eigenvalue weighted by molar-refractivity contribution is 7.28. The lowest BCUT2D eigenvalue weighted by Gasteiger charge is -2.32. The number of hydrogen-bond donors (Lipinski definition) is 0. The van der Waals surface area contributed by atoms with Gasteiger partial charge < -0.3 is 9.31 Å². The van der Waals surface area contributed by atoms with E-state index in [0.29, 0.717) is 0 Å². The minimum absolute atomic E-state index is 0.259. The van der Waals surface area contributed by atoms with Crippen LogP contribution in [0.1, 0.15) is 220 Å². The van der Waals surface area contributed by atoms with Crippen LogP contribution in [-0.4, -0.2) is 18.3 Å². The molecule has 1 aliphatic rings. The Kier molecular flexibility index (Phi) is 21.5. The smallest absolute Gasteiger partial charge is 0.399 e. The molecule has 5 heteroatoms. The highest BCUT2D eigenvalue weighted by Gasteiger charge is 2.52. The number of hydrogen-bond acceptors (Lipinski definition) is 4. The van der Waals surface area contributed by atoms with Crippen molar-refractivity contribution in [3.8, 4) is 9.75 Å². The average molecular weight is 713 g/mol. The molecule has 0 saturated carbocycles. The van der Waals surface area contributed by atoms with Gasteiger partial charge in [-0.1, -0.05) is 168 Å². The van der Waals surface area contributed by atoms with E-state index < -0.39 is 0 Å². The first-order valence-electron chi connectivity index (χ1n) is 21.3. The molecule has 0 spiro atoms. The van der Waals surface area contributed by atoms with Crippen molar-refractivity contribution < 1.29 is 9.31 Å². The van der Waals surface area contributed by atoms with Gasteiger partial charge in [0, 0.05) is 14.5 Å². The van der Waals surface area contributed by atoms with Crippen LogP contribution in [0.25, 0.3) is 9.75 Å². The van der Waals surface area contributed by atoms with Gasteiger partial charge in [0.25, 0.3) is 0 Å². The van der Waals surface area contributed by atoms with Gasteiger partial charge in [0.1, 0.15) is 0 Å². The average Bonchev–Trinajstić information content (AvgIpc) is 3.77. The fourth-order valence-corrected chi connectivity index (χ4v) is 9.60. The Labute approximate surface area is 313 Å². The van der Waals surface area contributed by atoms with Gasteiger partial charge in [-0.15, -0.1) is 22.7 Å². The molecule has 0 bridgehead atoms. The second-order valence-electron chi connectivity index (χ2n) is 16.3. The van der Waals surface area contributed by atoms with Crippen LogP contribution >= 0.6 is 22.7 Å². The molecule has 0 aromatic carbocycles. The van der Waals surface area contributed by atoms with E-state index in [0.717, 1.165) is 6.42 Å². The summed E-state index contributed by atoms with van der Waals surface area (Å²) in [5.41, 5.74) is 2.39. The summed E-state index contributed by atoms with van der Waals surface area (Å²) in [5, 5.41) is 2.31. The molecule has 0 radical (unpaired) electrons. The van der Waals surface area contributed by atoms with Gasteiger partial charge in [0.05, 0.1) is 11.2 Å². The molecule has 1 aliphatic heterocycles. The molecule has 0 aliphatic carbocycles. The van der Waals surface area contributed by atoms with Gasteiger partial charge in [-0.3, -0.25) is 0 Å². The van der Waals surface area contributed by atoms with Crippen molar-refractivity contribution in [2.45, 2.75) is 233 Å². The van der Waals surface area contributed by atoms with Crippen molar-refractivity contribution in [1.29, 1.82) is 0 Å². The maximum atomic E-state index is 6.62. The van der Waals surface area contributed by atoms with Crippen LogP contribution in [0.2, 0.25) is 0 Å². The van der Waals surface area contributed by atoms with Crippen LogP contribution in [0.15, 0.2) is 17.5 Å². The topological polar surface area (TPSA) is 18.5 Å². The molecule has 49 heavy (non-hydrogen) atoms. The van der Waals surface area contributed by atoms with E-state index in [9.17, 15) is 0 Å². The standard InChI is InChI=1S/C44H77BO2S2/c1-7-9-11-13-15-17-19-21-23-25-27-29-31-33-38-35-36-48-41(38)40-37-39(42(49-40)45-46-43(3,4)44(5,6)47-45)34-32-30-28-26-24-22-20-18-16-14-12-10-8-2/h35-37H,7-34H2,1-6H3.